The zero-order chi connectivity index (χ0) is 19.6. The molecule has 27 heavy (non-hydrogen) atoms. The number of benzene rings is 2. The van der Waals surface area contributed by atoms with E-state index in [2.05, 4.69) is 5.32 Å². The van der Waals surface area contributed by atoms with Crippen LogP contribution in [-0.4, -0.2) is 38.9 Å². The van der Waals surface area contributed by atoms with E-state index in [0.717, 1.165) is 11.5 Å². The van der Waals surface area contributed by atoms with Gasteiger partial charge < -0.3 is 24.3 Å². The number of nitrogens with one attached hydrogen (secondary N) is 1. The maximum Gasteiger partial charge on any atom is 0.261 e. The third-order valence-corrected chi connectivity index (χ3v) is 3.93. The molecule has 0 radical (unpaired) electrons. The van der Waals surface area contributed by atoms with E-state index in [1.165, 1.54) is 0 Å². The third-order valence-electron chi connectivity index (χ3n) is 3.93. The first kappa shape index (κ1) is 20.4. The molecule has 2 aromatic carbocycles. The first-order valence-corrected chi connectivity index (χ1v) is 8.93. The Hall–Kier alpha value is -2.89. The lowest BCUT2D eigenvalue weighted by molar-refractivity contribution is -0.128. The summed E-state index contributed by atoms with van der Waals surface area (Å²) in [5, 5.41) is 2.93. The van der Waals surface area contributed by atoms with E-state index in [4.69, 9.17) is 18.9 Å². The summed E-state index contributed by atoms with van der Waals surface area (Å²) in [6.45, 7) is 4.15. The molecule has 1 amide bonds. The van der Waals surface area contributed by atoms with Crippen LogP contribution in [-0.2, 0) is 4.79 Å². The molecular formula is C21H27NO5. The lowest BCUT2D eigenvalue weighted by Crippen LogP contribution is -2.44. The van der Waals surface area contributed by atoms with Crippen molar-refractivity contribution in [3.8, 4) is 23.0 Å². The quantitative estimate of drug-likeness (QED) is 0.691. The van der Waals surface area contributed by atoms with Crippen molar-refractivity contribution in [2.75, 3.05) is 20.8 Å². The number of carbonyl (C=O) groups is 1. The molecule has 0 aliphatic rings. The predicted octanol–water partition coefficient (Wildman–Crippen LogP) is 3.44. The number of carbonyl (C=O) groups excluding carboxylic acids is 1. The molecule has 2 rings (SSSR count). The summed E-state index contributed by atoms with van der Waals surface area (Å²) in [5.74, 6) is 2.59. The first-order chi connectivity index (χ1) is 13.0. The van der Waals surface area contributed by atoms with Gasteiger partial charge in [0.05, 0.1) is 20.3 Å². The van der Waals surface area contributed by atoms with Crippen molar-refractivity contribution in [3.05, 3.63) is 48.5 Å². The molecule has 0 fully saturated rings. The van der Waals surface area contributed by atoms with Crippen molar-refractivity contribution in [1.82, 2.24) is 5.32 Å². The van der Waals surface area contributed by atoms with Gasteiger partial charge in [0.25, 0.3) is 5.91 Å². The maximum absolute atomic E-state index is 12.5. The van der Waals surface area contributed by atoms with Gasteiger partial charge in [-0.3, -0.25) is 4.79 Å². The Morgan fingerprint density at radius 3 is 2.22 bits per heavy atom. The summed E-state index contributed by atoms with van der Waals surface area (Å²) in [7, 11) is 3.21. The Kier molecular flexibility index (Phi) is 7.79. The fourth-order valence-corrected chi connectivity index (χ4v) is 2.43. The molecule has 0 aromatic heterocycles. The summed E-state index contributed by atoms with van der Waals surface area (Å²) < 4.78 is 21.8. The molecule has 0 aliphatic carbocycles. The fourth-order valence-electron chi connectivity index (χ4n) is 2.43. The van der Waals surface area contributed by atoms with Gasteiger partial charge in [-0.25, -0.2) is 0 Å². The second-order valence-corrected chi connectivity index (χ2v) is 6.09. The van der Waals surface area contributed by atoms with Gasteiger partial charge >= 0.3 is 0 Å². The largest absolute Gasteiger partial charge is 0.497 e. The molecule has 0 aliphatic heterocycles. The smallest absolute Gasteiger partial charge is 0.261 e. The summed E-state index contributed by atoms with van der Waals surface area (Å²) in [6, 6.07) is 14.4. The van der Waals surface area contributed by atoms with Crippen LogP contribution in [0.15, 0.2) is 48.5 Å². The minimum atomic E-state index is -0.583. The summed E-state index contributed by atoms with van der Waals surface area (Å²) >= 11 is 0. The average molecular weight is 373 g/mol. The van der Waals surface area contributed by atoms with Crippen molar-refractivity contribution < 1.29 is 23.7 Å². The highest BCUT2D eigenvalue weighted by Gasteiger charge is 2.20. The zero-order valence-electron chi connectivity index (χ0n) is 16.2. The van der Waals surface area contributed by atoms with Crippen LogP contribution in [0, 0.1) is 0 Å². The maximum atomic E-state index is 12.5. The highest BCUT2D eigenvalue weighted by molar-refractivity contribution is 5.81. The number of amides is 1. The van der Waals surface area contributed by atoms with Crippen molar-refractivity contribution in [2.45, 2.75) is 32.4 Å². The highest BCUT2D eigenvalue weighted by Crippen LogP contribution is 2.21. The Morgan fingerprint density at radius 1 is 0.963 bits per heavy atom. The van der Waals surface area contributed by atoms with Crippen molar-refractivity contribution in [1.29, 1.82) is 0 Å². The van der Waals surface area contributed by atoms with Crippen LogP contribution in [0.4, 0.5) is 0 Å². The monoisotopic (exact) mass is 373 g/mol. The molecule has 6 nitrogen and oxygen atoms in total. The van der Waals surface area contributed by atoms with Gasteiger partial charge in [0.15, 0.2) is 6.10 Å². The van der Waals surface area contributed by atoms with Gasteiger partial charge in [0.1, 0.15) is 29.6 Å². The molecule has 0 saturated carbocycles. The standard InChI is InChI=1S/C21H27NO5/c1-5-20(27-19-8-6-7-18(13-19)25-4)21(23)22-15(2)14-26-17-11-9-16(24-3)10-12-17/h6-13,15,20H,5,14H2,1-4H3,(H,22,23)/t15-,20-/m0/s1. The second-order valence-electron chi connectivity index (χ2n) is 6.09. The van der Waals surface area contributed by atoms with E-state index in [1.54, 1.807) is 26.4 Å². The Balaban J connectivity index is 1.84. The summed E-state index contributed by atoms with van der Waals surface area (Å²) in [5.41, 5.74) is 0. The number of ether oxygens (including phenoxy) is 4. The van der Waals surface area contributed by atoms with Crippen molar-refractivity contribution >= 4 is 5.91 Å². The average Bonchev–Trinajstić information content (AvgIpc) is 2.70. The molecule has 0 heterocycles. The number of hydrogen-bond donors (Lipinski definition) is 1. The van der Waals surface area contributed by atoms with Gasteiger partial charge in [-0.15, -0.1) is 0 Å². The summed E-state index contributed by atoms with van der Waals surface area (Å²) in [6.07, 6.45) is -0.0321. The molecule has 2 atom stereocenters. The molecule has 0 spiro atoms. The van der Waals surface area contributed by atoms with E-state index < -0.39 is 6.10 Å². The SMILES string of the molecule is CC[C@H](Oc1cccc(OC)c1)C(=O)N[C@@H](C)COc1ccc(OC)cc1. The van der Waals surface area contributed by atoms with Crippen LogP contribution in [0.3, 0.4) is 0 Å². The number of hydrogen-bond acceptors (Lipinski definition) is 5. The Bertz CT molecular complexity index is 717. The van der Waals surface area contributed by atoms with E-state index in [-0.39, 0.29) is 11.9 Å². The molecule has 146 valence electrons. The van der Waals surface area contributed by atoms with Crippen LogP contribution in [0.5, 0.6) is 23.0 Å². The summed E-state index contributed by atoms with van der Waals surface area (Å²) in [4.78, 5) is 12.5. The van der Waals surface area contributed by atoms with Gasteiger partial charge in [0.2, 0.25) is 0 Å². The normalized spacial score (nSPS) is 12.6. The van der Waals surface area contributed by atoms with Gasteiger partial charge in [0, 0.05) is 6.07 Å². The molecule has 0 saturated heterocycles. The molecule has 0 unspecified atom stereocenters. The van der Waals surface area contributed by atoms with Gasteiger partial charge in [-0.05, 0) is 49.7 Å². The lowest BCUT2D eigenvalue weighted by atomic mass is 10.2. The Morgan fingerprint density at radius 2 is 1.59 bits per heavy atom. The third kappa shape index (κ3) is 6.40. The van der Waals surface area contributed by atoms with E-state index in [0.29, 0.717) is 24.5 Å². The van der Waals surface area contributed by atoms with Gasteiger partial charge in [-0.1, -0.05) is 13.0 Å². The first-order valence-electron chi connectivity index (χ1n) is 8.93. The molecular weight excluding hydrogens is 346 g/mol. The van der Waals surface area contributed by atoms with Crippen molar-refractivity contribution in [3.63, 3.8) is 0 Å². The number of rotatable bonds is 10. The zero-order valence-corrected chi connectivity index (χ0v) is 16.2. The van der Waals surface area contributed by atoms with Crippen LogP contribution in [0.1, 0.15) is 20.3 Å². The molecule has 1 N–H and O–H groups in total. The molecule has 2 aromatic rings. The predicted molar refractivity (Wildman–Crippen MR) is 104 cm³/mol. The van der Waals surface area contributed by atoms with E-state index >= 15 is 0 Å². The molecule has 6 heteroatoms. The van der Waals surface area contributed by atoms with Crippen LogP contribution in [0.2, 0.25) is 0 Å². The minimum absolute atomic E-state index is 0.164. The van der Waals surface area contributed by atoms with Crippen LogP contribution >= 0.6 is 0 Å². The van der Waals surface area contributed by atoms with Crippen LogP contribution < -0.4 is 24.3 Å². The fraction of sp³-hybridized carbons (Fsp3) is 0.381. The van der Waals surface area contributed by atoms with E-state index in [9.17, 15) is 4.79 Å². The van der Waals surface area contributed by atoms with E-state index in [1.807, 2.05) is 50.2 Å². The second kappa shape index (κ2) is 10.3. The topological polar surface area (TPSA) is 66.0 Å². The highest BCUT2D eigenvalue weighted by atomic mass is 16.5. The van der Waals surface area contributed by atoms with Gasteiger partial charge in [-0.2, -0.15) is 0 Å². The minimum Gasteiger partial charge on any atom is -0.497 e. The number of methoxy groups -OCH3 is 2. The Labute approximate surface area is 160 Å². The van der Waals surface area contributed by atoms with Crippen LogP contribution in [0.25, 0.3) is 0 Å². The molecule has 0 bridgehead atoms. The lowest BCUT2D eigenvalue weighted by Gasteiger charge is -2.21. The van der Waals surface area contributed by atoms with Crippen molar-refractivity contribution in [2.24, 2.45) is 0 Å².